The second-order valence-corrected chi connectivity index (χ2v) is 6.21. The summed E-state index contributed by atoms with van der Waals surface area (Å²) in [4.78, 5) is 30.6. The van der Waals surface area contributed by atoms with Crippen molar-refractivity contribution in [3.05, 3.63) is 58.9 Å². The maximum Gasteiger partial charge on any atom is 0.239 e. The molecule has 5 nitrogen and oxygen atoms in total. The fourth-order valence-electron chi connectivity index (χ4n) is 2.73. The molecule has 2 heterocycles. The van der Waals surface area contributed by atoms with Crippen LogP contribution in [0.5, 0.6) is 0 Å². The highest BCUT2D eigenvalue weighted by atomic mass is 35.5. The number of benzene rings is 1. The molecule has 24 heavy (non-hydrogen) atoms. The fraction of sp³-hybridized carbons (Fsp3) is 0.278. The Labute approximate surface area is 145 Å². The van der Waals surface area contributed by atoms with Crippen molar-refractivity contribution in [1.29, 1.82) is 0 Å². The van der Waals surface area contributed by atoms with E-state index in [1.54, 1.807) is 17.2 Å². The normalized spacial score (nSPS) is 17.2. The second kappa shape index (κ2) is 7.01. The molecule has 0 radical (unpaired) electrons. The van der Waals surface area contributed by atoms with E-state index in [1.165, 1.54) is 0 Å². The number of aromatic nitrogens is 1. The predicted octanol–water partition coefficient (Wildman–Crippen LogP) is 2.71. The molecule has 124 valence electrons. The Morgan fingerprint density at radius 1 is 1.38 bits per heavy atom. The lowest BCUT2D eigenvalue weighted by Crippen LogP contribution is -2.36. The zero-order valence-corrected chi connectivity index (χ0v) is 14.1. The van der Waals surface area contributed by atoms with Crippen molar-refractivity contribution >= 4 is 29.1 Å². The Balaban J connectivity index is 1.65. The number of carbonyl (C=O) groups is 2. The standard InChI is InChI=1S/C18H18ClN3O2/c1-12-5-6-14(10-16(12)19)22-9-7-15(18(22)24)17(23)21-11-13-4-2-3-8-20-13/h2-6,8,10,15H,7,9,11H2,1H3,(H,21,23)/t15-/m1/s1. The second-order valence-electron chi connectivity index (χ2n) is 5.80. The van der Waals surface area contributed by atoms with E-state index in [0.29, 0.717) is 24.5 Å². The number of nitrogens with one attached hydrogen (secondary N) is 1. The molecule has 1 atom stereocenters. The third-order valence-corrected chi connectivity index (χ3v) is 4.57. The number of nitrogens with zero attached hydrogens (tertiary/aromatic N) is 2. The van der Waals surface area contributed by atoms with Crippen LogP contribution >= 0.6 is 11.6 Å². The lowest BCUT2D eigenvalue weighted by atomic mass is 10.1. The topological polar surface area (TPSA) is 62.3 Å². The Morgan fingerprint density at radius 3 is 2.92 bits per heavy atom. The van der Waals surface area contributed by atoms with Crippen molar-refractivity contribution < 1.29 is 9.59 Å². The molecule has 0 aliphatic carbocycles. The lowest BCUT2D eigenvalue weighted by molar-refractivity contribution is -0.132. The van der Waals surface area contributed by atoms with Crippen molar-refractivity contribution in [2.45, 2.75) is 19.9 Å². The van der Waals surface area contributed by atoms with Crippen LogP contribution in [0.4, 0.5) is 5.69 Å². The summed E-state index contributed by atoms with van der Waals surface area (Å²) in [5.74, 6) is -1.10. The summed E-state index contributed by atoms with van der Waals surface area (Å²) < 4.78 is 0. The molecular weight excluding hydrogens is 326 g/mol. The number of hydrogen-bond donors (Lipinski definition) is 1. The highest BCUT2D eigenvalue weighted by Gasteiger charge is 2.37. The summed E-state index contributed by atoms with van der Waals surface area (Å²) in [6.45, 7) is 2.74. The van der Waals surface area contributed by atoms with Crippen LogP contribution in [-0.2, 0) is 16.1 Å². The Hall–Kier alpha value is -2.40. The zero-order chi connectivity index (χ0) is 17.1. The number of pyridine rings is 1. The first-order chi connectivity index (χ1) is 11.6. The van der Waals surface area contributed by atoms with E-state index in [0.717, 1.165) is 16.9 Å². The predicted molar refractivity (Wildman–Crippen MR) is 92.7 cm³/mol. The average Bonchev–Trinajstić information content (AvgIpc) is 2.98. The number of anilines is 1. The van der Waals surface area contributed by atoms with Gasteiger partial charge in [-0.1, -0.05) is 23.7 Å². The van der Waals surface area contributed by atoms with Gasteiger partial charge in [0.1, 0.15) is 5.92 Å². The maximum atomic E-state index is 12.6. The SMILES string of the molecule is Cc1ccc(N2CC[C@H](C(=O)NCc3ccccn3)C2=O)cc1Cl. The number of aryl methyl sites for hydroxylation is 1. The number of halogens is 1. The van der Waals surface area contributed by atoms with Crippen molar-refractivity contribution in [2.75, 3.05) is 11.4 Å². The van der Waals surface area contributed by atoms with Crippen molar-refractivity contribution in [3.63, 3.8) is 0 Å². The van der Waals surface area contributed by atoms with E-state index in [4.69, 9.17) is 11.6 Å². The fourth-order valence-corrected chi connectivity index (χ4v) is 2.91. The van der Waals surface area contributed by atoms with Gasteiger partial charge in [0.05, 0.1) is 12.2 Å². The maximum absolute atomic E-state index is 12.6. The Kier molecular flexibility index (Phi) is 4.81. The summed E-state index contributed by atoms with van der Waals surface area (Å²) in [6.07, 6.45) is 2.17. The molecule has 1 aliphatic rings. The van der Waals surface area contributed by atoms with Gasteiger partial charge in [0.25, 0.3) is 0 Å². The van der Waals surface area contributed by atoms with E-state index in [9.17, 15) is 9.59 Å². The van der Waals surface area contributed by atoms with Crippen LogP contribution < -0.4 is 10.2 Å². The molecule has 6 heteroatoms. The van der Waals surface area contributed by atoms with E-state index < -0.39 is 5.92 Å². The van der Waals surface area contributed by atoms with Gasteiger partial charge in [0.15, 0.2) is 0 Å². The zero-order valence-electron chi connectivity index (χ0n) is 13.3. The Morgan fingerprint density at radius 2 is 2.21 bits per heavy atom. The highest BCUT2D eigenvalue weighted by Crippen LogP contribution is 2.29. The van der Waals surface area contributed by atoms with Crippen LogP contribution in [0.1, 0.15) is 17.7 Å². The van der Waals surface area contributed by atoms with Crippen LogP contribution in [0.3, 0.4) is 0 Å². The molecule has 1 N–H and O–H groups in total. The summed E-state index contributed by atoms with van der Waals surface area (Å²) in [5, 5.41) is 3.40. The summed E-state index contributed by atoms with van der Waals surface area (Å²) >= 11 is 6.13. The minimum atomic E-state index is -0.659. The molecule has 1 fully saturated rings. The third-order valence-electron chi connectivity index (χ3n) is 4.16. The molecule has 2 amide bonds. The molecular formula is C18H18ClN3O2. The molecule has 2 aromatic rings. The van der Waals surface area contributed by atoms with Crippen LogP contribution in [0.15, 0.2) is 42.6 Å². The van der Waals surface area contributed by atoms with Gasteiger partial charge in [-0.25, -0.2) is 0 Å². The monoisotopic (exact) mass is 343 g/mol. The summed E-state index contributed by atoms with van der Waals surface area (Å²) in [6, 6.07) is 11.0. The van der Waals surface area contributed by atoms with E-state index in [2.05, 4.69) is 10.3 Å². The first kappa shape index (κ1) is 16.5. The molecule has 0 bridgehead atoms. The van der Waals surface area contributed by atoms with Gasteiger partial charge >= 0.3 is 0 Å². The van der Waals surface area contributed by atoms with Crippen LogP contribution in [-0.4, -0.2) is 23.3 Å². The largest absolute Gasteiger partial charge is 0.350 e. The molecule has 3 rings (SSSR count). The minimum absolute atomic E-state index is 0.187. The number of carbonyl (C=O) groups excluding carboxylic acids is 2. The van der Waals surface area contributed by atoms with Crippen LogP contribution in [0, 0.1) is 12.8 Å². The Bertz CT molecular complexity index is 764. The van der Waals surface area contributed by atoms with E-state index in [1.807, 2.05) is 37.3 Å². The van der Waals surface area contributed by atoms with Crippen LogP contribution in [0.2, 0.25) is 5.02 Å². The van der Waals surface area contributed by atoms with Crippen molar-refractivity contribution in [3.8, 4) is 0 Å². The molecule has 1 aromatic heterocycles. The van der Waals surface area contributed by atoms with Gasteiger partial charge in [-0.2, -0.15) is 0 Å². The lowest BCUT2D eigenvalue weighted by Gasteiger charge is -2.17. The van der Waals surface area contributed by atoms with Crippen molar-refractivity contribution in [2.24, 2.45) is 5.92 Å². The highest BCUT2D eigenvalue weighted by molar-refractivity contribution is 6.31. The van der Waals surface area contributed by atoms with Gasteiger partial charge in [0.2, 0.25) is 11.8 Å². The van der Waals surface area contributed by atoms with Gasteiger partial charge in [-0.3, -0.25) is 14.6 Å². The molecule has 0 spiro atoms. The molecule has 1 aliphatic heterocycles. The average molecular weight is 344 g/mol. The molecule has 0 unspecified atom stereocenters. The van der Waals surface area contributed by atoms with Gasteiger partial charge in [-0.15, -0.1) is 0 Å². The van der Waals surface area contributed by atoms with Gasteiger partial charge in [0, 0.05) is 23.5 Å². The first-order valence-corrected chi connectivity index (χ1v) is 8.19. The molecule has 0 saturated carbocycles. The third kappa shape index (κ3) is 3.41. The van der Waals surface area contributed by atoms with E-state index in [-0.39, 0.29) is 11.8 Å². The van der Waals surface area contributed by atoms with Crippen molar-refractivity contribution in [1.82, 2.24) is 10.3 Å². The smallest absolute Gasteiger partial charge is 0.239 e. The summed E-state index contributed by atoms with van der Waals surface area (Å²) in [7, 11) is 0. The van der Waals surface area contributed by atoms with Gasteiger partial charge in [-0.05, 0) is 43.2 Å². The molecule has 1 saturated heterocycles. The first-order valence-electron chi connectivity index (χ1n) is 7.81. The number of amides is 2. The van der Waals surface area contributed by atoms with E-state index >= 15 is 0 Å². The molecule has 1 aromatic carbocycles. The summed E-state index contributed by atoms with van der Waals surface area (Å²) in [5.41, 5.74) is 2.45. The number of hydrogen-bond acceptors (Lipinski definition) is 3. The number of rotatable bonds is 4. The van der Waals surface area contributed by atoms with Crippen LogP contribution in [0.25, 0.3) is 0 Å². The van der Waals surface area contributed by atoms with Gasteiger partial charge < -0.3 is 10.2 Å². The minimum Gasteiger partial charge on any atom is -0.350 e. The quantitative estimate of drug-likeness (QED) is 0.868.